The first-order valence-corrected chi connectivity index (χ1v) is 6.37. The zero-order chi connectivity index (χ0) is 14.3. The molecule has 1 saturated heterocycles. The van der Waals surface area contributed by atoms with E-state index in [-0.39, 0.29) is 11.6 Å². The minimum absolute atomic E-state index is 0.0468. The molecule has 1 aromatic heterocycles. The van der Waals surface area contributed by atoms with Gasteiger partial charge in [-0.25, -0.2) is 4.79 Å². The second kappa shape index (κ2) is 4.57. The highest BCUT2D eigenvalue weighted by Gasteiger charge is 2.32. The Balaban J connectivity index is 2.75. The molecule has 1 aliphatic rings. The fourth-order valence-electron chi connectivity index (χ4n) is 2.66. The number of nitriles is 1. The molecule has 0 aliphatic carbocycles. The molecule has 2 heterocycles. The van der Waals surface area contributed by atoms with Crippen molar-refractivity contribution < 1.29 is 0 Å². The van der Waals surface area contributed by atoms with Gasteiger partial charge in [0.15, 0.2) is 5.56 Å². The summed E-state index contributed by atoms with van der Waals surface area (Å²) in [7, 11) is 3.00. The molecule has 2 atom stereocenters. The van der Waals surface area contributed by atoms with Crippen LogP contribution in [0.25, 0.3) is 0 Å². The first kappa shape index (κ1) is 13.4. The summed E-state index contributed by atoms with van der Waals surface area (Å²) in [5.41, 5.74) is -0.872. The van der Waals surface area contributed by atoms with Crippen molar-refractivity contribution >= 4 is 5.82 Å². The van der Waals surface area contributed by atoms with Crippen molar-refractivity contribution in [1.82, 2.24) is 9.13 Å². The van der Waals surface area contributed by atoms with Crippen molar-refractivity contribution in [3.8, 4) is 6.07 Å². The molecule has 0 N–H and O–H groups in total. The molecule has 19 heavy (non-hydrogen) atoms. The third kappa shape index (κ3) is 1.86. The van der Waals surface area contributed by atoms with Crippen LogP contribution in [0.3, 0.4) is 0 Å². The highest BCUT2D eigenvalue weighted by atomic mass is 16.2. The van der Waals surface area contributed by atoms with Crippen molar-refractivity contribution in [3.63, 3.8) is 0 Å². The molecule has 2 unspecified atom stereocenters. The molecule has 0 radical (unpaired) electrons. The van der Waals surface area contributed by atoms with Gasteiger partial charge in [-0.2, -0.15) is 5.26 Å². The SMILES string of the molecule is CC1CCN(c2c(C#N)c(=O)n(C)c(=O)n2C)C1C. The third-order valence-corrected chi connectivity index (χ3v) is 4.16. The topological polar surface area (TPSA) is 71.0 Å². The third-order valence-electron chi connectivity index (χ3n) is 4.16. The highest BCUT2D eigenvalue weighted by Crippen LogP contribution is 2.29. The molecule has 0 aromatic carbocycles. The van der Waals surface area contributed by atoms with E-state index in [9.17, 15) is 14.9 Å². The maximum atomic E-state index is 12.0. The molecule has 102 valence electrons. The van der Waals surface area contributed by atoms with Gasteiger partial charge in [0, 0.05) is 26.7 Å². The van der Waals surface area contributed by atoms with E-state index in [0.717, 1.165) is 17.5 Å². The van der Waals surface area contributed by atoms with Crippen molar-refractivity contribution in [2.45, 2.75) is 26.3 Å². The van der Waals surface area contributed by atoms with Crippen LogP contribution in [-0.2, 0) is 14.1 Å². The van der Waals surface area contributed by atoms with Gasteiger partial charge in [0.05, 0.1) is 0 Å². The van der Waals surface area contributed by atoms with Crippen LogP contribution >= 0.6 is 0 Å². The van der Waals surface area contributed by atoms with E-state index in [1.165, 1.54) is 11.6 Å². The number of nitrogens with zero attached hydrogens (tertiary/aromatic N) is 4. The van der Waals surface area contributed by atoms with Crippen LogP contribution in [0.2, 0.25) is 0 Å². The Morgan fingerprint density at radius 3 is 2.32 bits per heavy atom. The van der Waals surface area contributed by atoms with Gasteiger partial charge in [-0.1, -0.05) is 6.92 Å². The predicted octanol–water partition coefficient (Wildman–Crippen LogP) is 0.190. The average molecular weight is 262 g/mol. The van der Waals surface area contributed by atoms with E-state index in [4.69, 9.17) is 0 Å². The Bertz CT molecular complexity index is 665. The lowest BCUT2D eigenvalue weighted by atomic mass is 10.1. The molecule has 1 aliphatic heterocycles. The Labute approximate surface area is 111 Å². The number of anilines is 1. The van der Waals surface area contributed by atoms with Gasteiger partial charge in [-0.05, 0) is 19.3 Å². The van der Waals surface area contributed by atoms with Gasteiger partial charge in [-0.15, -0.1) is 0 Å². The van der Waals surface area contributed by atoms with Crippen LogP contribution in [0.1, 0.15) is 25.8 Å². The Morgan fingerprint density at radius 1 is 1.21 bits per heavy atom. The minimum atomic E-state index is -0.521. The molecular weight excluding hydrogens is 244 g/mol. The summed E-state index contributed by atoms with van der Waals surface area (Å²) >= 11 is 0. The largest absolute Gasteiger partial charge is 0.354 e. The summed E-state index contributed by atoms with van der Waals surface area (Å²) in [4.78, 5) is 26.0. The van der Waals surface area contributed by atoms with Gasteiger partial charge in [-0.3, -0.25) is 13.9 Å². The second-order valence-corrected chi connectivity index (χ2v) is 5.22. The minimum Gasteiger partial charge on any atom is -0.354 e. The fourth-order valence-corrected chi connectivity index (χ4v) is 2.66. The van der Waals surface area contributed by atoms with Crippen LogP contribution < -0.4 is 16.1 Å². The first-order valence-electron chi connectivity index (χ1n) is 6.37. The van der Waals surface area contributed by atoms with Crippen LogP contribution in [0.4, 0.5) is 5.82 Å². The molecule has 0 spiro atoms. The zero-order valence-corrected chi connectivity index (χ0v) is 11.7. The summed E-state index contributed by atoms with van der Waals surface area (Å²) in [6.07, 6.45) is 0.995. The lowest BCUT2D eigenvalue weighted by molar-refractivity contribution is 0.538. The smallest absolute Gasteiger partial charge is 0.332 e. The molecule has 6 nitrogen and oxygen atoms in total. The monoisotopic (exact) mass is 262 g/mol. The van der Waals surface area contributed by atoms with E-state index in [2.05, 4.69) is 13.8 Å². The fraction of sp³-hybridized carbons (Fsp3) is 0.615. The van der Waals surface area contributed by atoms with Crippen LogP contribution in [0.5, 0.6) is 0 Å². The van der Waals surface area contributed by atoms with Crippen LogP contribution in [0, 0.1) is 17.2 Å². The summed E-state index contributed by atoms with van der Waals surface area (Å²) in [5, 5.41) is 9.25. The molecule has 0 saturated carbocycles. The molecule has 0 bridgehead atoms. The van der Waals surface area contributed by atoms with Gasteiger partial charge >= 0.3 is 5.69 Å². The van der Waals surface area contributed by atoms with Gasteiger partial charge in [0.2, 0.25) is 0 Å². The quantitative estimate of drug-likeness (QED) is 0.724. The van der Waals surface area contributed by atoms with E-state index in [1.807, 2.05) is 11.0 Å². The molecule has 0 amide bonds. The van der Waals surface area contributed by atoms with Crippen molar-refractivity contribution in [1.29, 1.82) is 5.26 Å². The molecule has 6 heteroatoms. The lowest BCUT2D eigenvalue weighted by Gasteiger charge is -2.28. The van der Waals surface area contributed by atoms with E-state index < -0.39 is 11.2 Å². The summed E-state index contributed by atoms with van der Waals surface area (Å²) in [5.74, 6) is 0.929. The van der Waals surface area contributed by atoms with Crippen molar-refractivity contribution in [2.24, 2.45) is 20.0 Å². The Morgan fingerprint density at radius 2 is 1.84 bits per heavy atom. The number of hydrogen-bond acceptors (Lipinski definition) is 4. The van der Waals surface area contributed by atoms with E-state index in [1.54, 1.807) is 7.05 Å². The molecular formula is C13H18N4O2. The standard InChI is InChI=1S/C13H18N4O2/c1-8-5-6-17(9(8)2)11-10(7-14)12(18)16(4)13(19)15(11)3/h8-9H,5-6H2,1-4H3. The maximum Gasteiger partial charge on any atom is 0.332 e. The number of hydrogen-bond donors (Lipinski definition) is 0. The highest BCUT2D eigenvalue weighted by molar-refractivity contribution is 5.55. The van der Waals surface area contributed by atoms with Crippen molar-refractivity contribution in [3.05, 3.63) is 26.4 Å². The Kier molecular flexibility index (Phi) is 3.23. The second-order valence-electron chi connectivity index (χ2n) is 5.22. The summed E-state index contributed by atoms with van der Waals surface area (Å²) in [6, 6.07) is 2.16. The zero-order valence-electron chi connectivity index (χ0n) is 11.7. The number of rotatable bonds is 1. The molecule has 2 rings (SSSR count). The van der Waals surface area contributed by atoms with Gasteiger partial charge in [0.1, 0.15) is 11.9 Å². The molecule has 1 aromatic rings. The van der Waals surface area contributed by atoms with E-state index in [0.29, 0.717) is 11.7 Å². The van der Waals surface area contributed by atoms with Crippen LogP contribution in [0.15, 0.2) is 9.59 Å². The maximum absolute atomic E-state index is 12.0. The lowest BCUT2D eigenvalue weighted by Crippen LogP contribution is -2.43. The van der Waals surface area contributed by atoms with Crippen molar-refractivity contribution in [2.75, 3.05) is 11.4 Å². The first-order chi connectivity index (χ1) is 8.90. The van der Waals surface area contributed by atoms with Gasteiger partial charge in [0.25, 0.3) is 5.56 Å². The normalized spacial score (nSPS) is 22.6. The van der Waals surface area contributed by atoms with Gasteiger partial charge < -0.3 is 4.90 Å². The van der Waals surface area contributed by atoms with Crippen LogP contribution in [-0.4, -0.2) is 21.7 Å². The average Bonchev–Trinajstić information content (AvgIpc) is 2.72. The predicted molar refractivity (Wildman–Crippen MR) is 72.2 cm³/mol. The van der Waals surface area contributed by atoms with E-state index >= 15 is 0 Å². The Hall–Kier alpha value is -2.03. The summed E-state index contributed by atoms with van der Waals surface area (Å²) in [6.45, 7) is 4.95. The molecule has 1 fully saturated rings. The summed E-state index contributed by atoms with van der Waals surface area (Å²) < 4.78 is 2.38. The number of aromatic nitrogens is 2.